The van der Waals surface area contributed by atoms with Crippen molar-refractivity contribution >= 4 is 5.91 Å². The predicted octanol–water partition coefficient (Wildman–Crippen LogP) is 1.59. The summed E-state index contributed by atoms with van der Waals surface area (Å²) in [4.78, 5) is 12.2. The van der Waals surface area contributed by atoms with Crippen molar-refractivity contribution in [1.82, 2.24) is 5.32 Å². The van der Waals surface area contributed by atoms with E-state index in [4.69, 9.17) is 9.47 Å². The van der Waals surface area contributed by atoms with E-state index < -0.39 is 0 Å². The van der Waals surface area contributed by atoms with Gasteiger partial charge in [-0.3, -0.25) is 4.79 Å². The van der Waals surface area contributed by atoms with E-state index in [1.54, 1.807) is 25.3 Å². The maximum atomic E-state index is 12.2. The molecule has 0 radical (unpaired) electrons. The second kappa shape index (κ2) is 6.61. The molecule has 1 amide bonds. The van der Waals surface area contributed by atoms with Gasteiger partial charge in [0.25, 0.3) is 5.91 Å². The molecule has 1 fully saturated rings. The lowest BCUT2D eigenvalue weighted by Gasteiger charge is -2.14. The largest absolute Gasteiger partial charge is 0.493 e. The minimum atomic E-state index is -0.219. The topological polar surface area (TPSA) is 67.8 Å². The molecule has 0 heterocycles. The highest BCUT2D eigenvalue weighted by Crippen LogP contribution is 2.31. The number of hydrogen-bond acceptors (Lipinski definition) is 4. The Balaban J connectivity index is 2.02. The van der Waals surface area contributed by atoms with Gasteiger partial charge in [0.1, 0.15) is 0 Å². The zero-order valence-corrected chi connectivity index (χ0v) is 11.9. The van der Waals surface area contributed by atoms with Crippen LogP contribution in [0.3, 0.4) is 0 Å². The molecule has 20 heavy (non-hydrogen) atoms. The Kier molecular flexibility index (Phi) is 4.84. The molecular formula is C15H21NO4. The highest BCUT2D eigenvalue weighted by Gasteiger charge is 2.24. The SMILES string of the molecule is COc1cccc(C(=O)NCC2CCC(O)C2)c1OC. The van der Waals surface area contributed by atoms with Gasteiger partial charge in [-0.2, -0.15) is 0 Å². The van der Waals surface area contributed by atoms with E-state index in [1.165, 1.54) is 7.11 Å². The van der Waals surface area contributed by atoms with Gasteiger partial charge in [-0.05, 0) is 37.3 Å². The van der Waals surface area contributed by atoms with Gasteiger partial charge in [0.15, 0.2) is 11.5 Å². The first-order valence-corrected chi connectivity index (χ1v) is 6.83. The number of para-hydroxylation sites is 1. The molecule has 0 saturated heterocycles. The van der Waals surface area contributed by atoms with Crippen molar-refractivity contribution < 1.29 is 19.4 Å². The summed E-state index contributed by atoms with van der Waals surface area (Å²) in [6, 6.07) is 5.22. The standard InChI is InChI=1S/C15H21NO4/c1-19-13-5-3-4-12(14(13)20-2)15(18)16-9-10-6-7-11(17)8-10/h3-5,10-11,17H,6-9H2,1-2H3,(H,16,18). The molecule has 110 valence electrons. The number of aliphatic hydroxyl groups is 1. The number of ether oxygens (including phenoxy) is 2. The summed E-state index contributed by atoms with van der Waals surface area (Å²) in [6.45, 7) is 0.580. The summed E-state index contributed by atoms with van der Waals surface area (Å²) in [5, 5.41) is 12.4. The third-order valence-electron chi connectivity index (χ3n) is 3.71. The Morgan fingerprint density at radius 3 is 2.75 bits per heavy atom. The fourth-order valence-electron chi connectivity index (χ4n) is 2.63. The molecule has 0 aliphatic heterocycles. The van der Waals surface area contributed by atoms with Crippen molar-refractivity contribution in [2.75, 3.05) is 20.8 Å². The zero-order valence-electron chi connectivity index (χ0n) is 11.9. The van der Waals surface area contributed by atoms with Crippen LogP contribution in [0.1, 0.15) is 29.6 Å². The van der Waals surface area contributed by atoms with E-state index in [-0.39, 0.29) is 12.0 Å². The van der Waals surface area contributed by atoms with Crippen LogP contribution in [0.15, 0.2) is 18.2 Å². The van der Waals surface area contributed by atoms with Crippen LogP contribution >= 0.6 is 0 Å². The van der Waals surface area contributed by atoms with Crippen molar-refractivity contribution in [2.24, 2.45) is 5.92 Å². The van der Waals surface area contributed by atoms with Crippen LogP contribution in [0.4, 0.5) is 0 Å². The Bertz CT molecular complexity index is 475. The lowest BCUT2D eigenvalue weighted by atomic mass is 10.1. The quantitative estimate of drug-likeness (QED) is 0.859. The van der Waals surface area contributed by atoms with Crippen LogP contribution in [0, 0.1) is 5.92 Å². The molecule has 2 N–H and O–H groups in total. The number of carbonyl (C=O) groups is 1. The third-order valence-corrected chi connectivity index (χ3v) is 3.71. The minimum absolute atomic E-state index is 0.179. The van der Waals surface area contributed by atoms with Crippen LogP contribution in [0.25, 0.3) is 0 Å². The van der Waals surface area contributed by atoms with Gasteiger partial charge in [-0.1, -0.05) is 6.07 Å². The number of rotatable bonds is 5. The number of benzene rings is 1. The van der Waals surface area contributed by atoms with E-state index >= 15 is 0 Å². The van der Waals surface area contributed by atoms with Crippen molar-refractivity contribution in [1.29, 1.82) is 0 Å². The van der Waals surface area contributed by atoms with Crippen molar-refractivity contribution in [3.05, 3.63) is 23.8 Å². The summed E-state index contributed by atoms with van der Waals surface area (Å²) in [7, 11) is 3.06. The van der Waals surface area contributed by atoms with E-state index in [9.17, 15) is 9.90 Å². The van der Waals surface area contributed by atoms with E-state index in [0.29, 0.717) is 29.5 Å². The van der Waals surface area contributed by atoms with Crippen LogP contribution in [0.2, 0.25) is 0 Å². The molecule has 1 aliphatic rings. The number of aliphatic hydroxyl groups excluding tert-OH is 1. The maximum Gasteiger partial charge on any atom is 0.255 e. The van der Waals surface area contributed by atoms with Gasteiger partial charge in [0.05, 0.1) is 25.9 Å². The van der Waals surface area contributed by atoms with Gasteiger partial charge in [-0.15, -0.1) is 0 Å². The molecule has 5 nitrogen and oxygen atoms in total. The fraction of sp³-hybridized carbons (Fsp3) is 0.533. The molecule has 2 rings (SSSR count). The van der Waals surface area contributed by atoms with Crippen molar-refractivity contribution in [3.63, 3.8) is 0 Å². The molecule has 1 aromatic carbocycles. The molecule has 5 heteroatoms. The first-order chi connectivity index (χ1) is 9.65. The molecule has 0 aromatic heterocycles. The molecule has 1 aliphatic carbocycles. The molecule has 1 aromatic rings. The molecule has 0 spiro atoms. The van der Waals surface area contributed by atoms with Gasteiger partial charge in [0, 0.05) is 6.54 Å². The normalized spacial score (nSPS) is 21.6. The summed E-state index contributed by atoms with van der Waals surface area (Å²) in [5.41, 5.74) is 0.463. The van der Waals surface area contributed by atoms with Crippen LogP contribution in [-0.4, -0.2) is 37.9 Å². The zero-order chi connectivity index (χ0) is 14.5. The molecule has 1 saturated carbocycles. The molecule has 2 unspecified atom stereocenters. The summed E-state index contributed by atoms with van der Waals surface area (Å²) >= 11 is 0. The molecule has 0 bridgehead atoms. The van der Waals surface area contributed by atoms with Gasteiger partial charge < -0.3 is 19.9 Å². The van der Waals surface area contributed by atoms with Gasteiger partial charge in [-0.25, -0.2) is 0 Å². The maximum absolute atomic E-state index is 12.2. The predicted molar refractivity (Wildman–Crippen MR) is 75.2 cm³/mol. The second-order valence-electron chi connectivity index (χ2n) is 5.08. The van der Waals surface area contributed by atoms with Crippen LogP contribution in [0.5, 0.6) is 11.5 Å². The smallest absolute Gasteiger partial charge is 0.255 e. The number of nitrogens with one attached hydrogen (secondary N) is 1. The van der Waals surface area contributed by atoms with Crippen LogP contribution < -0.4 is 14.8 Å². The monoisotopic (exact) mass is 279 g/mol. The lowest BCUT2D eigenvalue weighted by Crippen LogP contribution is -2.29. The highest BCUT2D eigenvalue weighted by molar-refractivity contribution is 5.97. The number of amides is 1. The highest BCUT2D eigenvalue weighted by atomic mass is 16.5. The van der Waals surface area contributed by atoms with E-state index in [2.05, 4.69) is 5.32 Å². The lowest BCUT2D eigenvalue weighted by molar-refractivity contribution is 0.0941. The number of carbonyl (C=O) groups excluding carboxylic acids is 1. The summed E-state index contributed by atoms with van der Waals surface area (Å²) in [5.74, 6) is 1.16. The summed E-state index contributed by atoms with van der Waals surface area (Å²) in [6.07, 6.45) is 2.32. The van der Waals surface area contributed by atoms with Crippen molar-refractivity contribution in [3.8, 4) is 11.5 Å². The molecular weight excluding hydrogens is 258 g/mol. The average molecular weight is 279 g/mol. The first-order valence-electron chi connectivity index (χ1n) is 6.83. The summed E-state index contributed by atoms with van der Waals surface area (Å²) < 4.78 is 10.4. The minimum Gasteiger partial charge on any atom is -0.493 e. The van der Waals surface area contributed by atoms with E-state index in [0.717, 1.165) is 19.3 Å². The fourth-order valence-corrected chi connectivity index (χ4v) is 2.63. The Morgan fingerprint density at radius 2 is 2.15 bits per heavy atom. The van der Waals surface area contributed by atoms with E-state index in [1.807, 2.05) is 0 Å². The van der Waals surface area contributed by atoms with Crippen LogP contribution in [-0.2, 0) is 0 Å². The van der Waals surface area contributed by atoms with Crippen molar-refractivity contribution in [2.45, 2.75) is 25.4 Å². The third kappa shape index (κ3) is 3.22. The Hall–Kier alpha value is -1.75. The second-order valence-corrected chi connectivity index (χ2v) is 5.08. The first kappa shape index (κ1) is 14.7. The Morgan fingerprint density at radius 1 is 1.35 bits per heavy atom. The van der Waals surface area contributed by atoms with Gasteiger partial charge in [0.2, 0.25) is 0 Å². The number of methoxy groups -OCH3 is 2. The average Bonchev–Trinajstić information content (AvgIpc) is 2.89. The molecule has 2 atom stereocenters. The van der Waals surface area contributed by atoms with Gasteiger partial charge >= 0.3 is 0 Å². The Labute approximate surface area is 118 Å². The number of hydrogen-bond donors (Lipinski definition) is 2.